The van der Waals surface area contributed by atoms with Crippen molar-refractivity contribution < 1.29 is 18.0 Å². The summed E-state index contributed by atoms with van der Waals surface area (Å²) in [5.74, 6) is -0.624. The Morgan fingerprint density at radius 2 is 1.41 bits per heavy atom. The van der Waals surface area contributed by atoms with Crippen LogP contribution in [0.25, 0.3) is 0 Å². The maximum atomic E-state index is 12.8. The van der Waals surface area contributed by atoms with Gasteiger partial charge in [-0.2, -0.15) is 5.10 Å². The van der Waals surface area contributed by atoms with Crippen LogP contribution in [-0.2, 0) is 16.6 Å². The summed E-state index contributed by atoms with van der Waals surface area (Å²) in [4.78, 5) is 25.2. The summed E-state index contributed by atoms with van der Waals surface area (Å²) in [6.45, 7) is 5.81. The van der Waals surface area contributed by atoms with Crippen LogP contribution in [0.15, 0.2) is 102 Å². The second-order valence-corrected chi connectivity index (χ2v) is 11.7. The maximum absolute atomic E-state index is 12.8. The lowest BCUT2D eigenvalue weighted by atomic mass is 10.1. The number of amides is 2. The number of rotatable bonds is 9. The Morgan fingerprint density at radius 3 is 2.07 bits per heavy atom. The number of sulfonamides is 1. The van der Waals surface area contributed by atoms with Crippen molar-refractivity contribution in [1.29, 1.82) is 0 Å². The van der Waals surface area contributed by atoms with Crippen LogP contribution in [-0.4, -0.2) is 32.2 Å². The Morgan fingerprint density at radius 1 is 0.756 bits per heavy atom. The fourth-order valence-corrected chi connectivity index (χ4v) is 4.97. The van der Waals surface area contributed by atoms with E-state index in [0.29, 0.717) is 28.2 Å². The van der Waals surface area contributed by atoms with Crippen LogP contribution < -0.4 is 15.0 Å². The van der Waals surface area contributed by atoms with Gasteiger partial charge in [0.15, 0.2) is 0 Å². The first-order valence-corrected chi connectivity index (χ1v) is 14.8. The summed E-state index contributed by atoms with van der Waals surface area (Å²) in [5, 5.41) is 7.09. The van der Waals surface area contributed by atoms with E-state index in [-0.39, 0.29) is 12.5 Å². The molecule has 210 valence electrons. The molecule has 0 unspecified atom stereocenters. The fourth-order valence-electron chi connectivity index (χ4n) is 4.09. The zero-order valence-electron chi connectivity index (χ0n) is 23.4. The lowest BCUT2D eigenvalue weighted by Gasteiger charge is -2.23. The van der Waals surface area contributed by atoms with E-state index in [1.165, 1.54) is 10.6 Å². The SMILES string of the molecule is C/C(=N/NC(=O)c1ccc(CN(c2ccc(C)c(C)c2)S(C)(=O)=O)cc1)c1cccc(NC(=O)c2ccccc2)c1. The van der Waals surface area contributed by atoms with Crippen molar-refractivity contribution >= 4 is 38.9 Å². The molecule has 0 spiro atoms. The van der Waals surface area contributed by atoms with E-state index in [1.54, 1.807) is 79.7 Å². The molecule has 9 heteroatoms. The molecule has 2 N–H and O–H groups in total. The Balaban J connectivity index is 1.41. The van der Waals surface area contributed by atoms with Crippen LogP contribution in [0.4, 0.5) is 11.4 Å². The summed E-state index contributed by atoms with van der Waals surface area (Å²) < 4.78 is 26.4. The molecule has 0 aliphatic carbocycles. The van der Waals surface area contributed by atoms with E-state index in [4.69, 9.17) is 0 Å². The highest BCUT2D eigenvalue weighted by Crippen LogP contribution is 2.23. The molecule has 0 bridgehead atoms. The molecule has 0 atom stereocenters. The Bertz CT molecular complexity index is 1700. The van der Waals surface area contributed by atoms with Crippen molar-refractivity contribution in [3.8, 4) is 0 Å². The summed E-state index contributed by atoms with van der Waals surface area (Å²) in [6.07, 6.45) is 1.18. The summed E-state index contributed by atoms with van der Waals surface area (Å²) in [7, 11) is -3.53. The topological polar surface area (TPSA) is 108 Å². The minimum absolute atomic E-state index is 0.137. The average Bonchev–Trinajstić information content (AvgIpc) is 2.96. The number of nitrogens with zero attached hydrogens (tertiary/aromatic N) is 2. The van der Waals surface area contributed by atoms with Crippen LogP contribution in [0.2, 0.25) is 0 Å². The molecule has 4 rings (SSSR count). The van der Waals surface area contributed by atoms with Gasteiger partial charge in [-0.25, -0.2) is 13.8 Å². The zero-order valence-corrected chi connectivity index (χ0v) is 24.2. The number of benzene rings is 4. The Hall–Kier alpha value is -4.76. The van der Waals surface area contributed by atoms with E-state index < -0.39 is 15.9 Å². The highest BCUT2D eigenvalue weighted by molar-refractivity contribution is 7.92. The van der Waals surface area contributed by atoms with E-state index in [1.807, 2.05) is 38.1 Å². The van der Waals surface area contributed by atoms with Gasteiger partial charge in [0.05, 0.1) is 24.2 Å². The van der Waals surface area contributed by atoms with Crippen molar-refractivity contribution in [1.82, 2.24) is 5.43 Å². The van der Waals surface area contributed by atoms with Crippen molar-refractivity contribution in [2.75, 3.05) is 15.9 Å². The number of carbonyl (C=O) groups is 2. The fraction of sp³-hybridized carbons (Fsp3) is 0.156. The summed E-state index contributed by atoms with van der Waals surface area (Å²) in [5.41, 5.74) is 8.80. The smallest absolute Gasteiger partial charge is 0.271 e. The molecule has 2 amide bonds. The monoisotopic (exact) mass is 568 g/mol. The van der Waals surface area contributed by atoms with Gasteiger partial charge >= 0.3 is 0 Å². The number of hydrazone groups is 1. The average molecular weight is 569 g/mol. The molecule has 0 aliphatic heterocycles. The molecular formula is C32H32N4O4S. The number of anilines is 2. The lowest BCUT2D eigenvalue weighted by Crippen LogP contribution is -2.29. The van der Waals surface area contributed by atoms with Gasteiger partial charge in [-0.3, -0.25) is 13.9 Å². The highest BCUT2D eigenvalue weighted by atomic mass is 32.2. The third-order valence-electron chi connectivity index (χ3n) is 6.62. The maximum Gasteiger partial charge on any atom is 0.271 e. The van der Waals surface area contributed by atoms with E-state index in [2.05, 4.69) is 15.8 Å². The molecule has 8 nitrogen and oxygen atoms in total. The first kappa shape index (κ1) is 29.2. The number of aryl methyl sites for hydroxylation is 2. The molecule has 4 aromatic rings. The van der Waals surface area contributed by atoms with Gasteiger partial charge < -0.3 is 5.32 Å². The largest absolute Gasteiger partial charge is 0.322 e. The predicted molar refractivity (Wildman–Crippen MR) is 164 cm³/mol. The van der Waals surface area contributed by atoms with Crippen molar-refractivity contribution in [3.63, 3.8) is 0 Å². The van der Waals surface area contributed by atoms with Gasteiger partial charge in [0.25, 0.3) is 11.8 Å². The van der Waals surface area contributed by atoms with Crippen molar-refractivity contribution in [2.45, 2.75) is 27.3 Å². The second kappa shape index (κ2) is 12.6. The number of hydrogen-bond donors (Lipinski definition) is 2. The molecule has 0 heterocycles. The first-order chi connectivity index (χ1) is 19.5. The van der Waals surface area contributed by atoms with Gasteiger partial charge in [0, 0.05) is 16.8 Å². The molecule has 0 aromatic heterocycles. The summed E-state index contributed by atoms with van der Waals surface area (Å²) in [6, 6.07) is 28.4. The minimum Gasteiger partial charge on any atom is -0.322 e. The van der Waals surface area contributed by atoms with Gasteiger partial charge in [-0.05, 0) is 91.6 Å². The molecule has 0 saturated carbocycles. The van der Waals surface area contributed by atoms with Crippen LogP contribution in [0.5, 0.6) is 0 Å². The summed E-state index contributed by atoms with van der Waals surface area (Å²) >= 11 is 0. The minimum atomic E-state index is -3.53. The lowest BCUT2D eigenvalue weighted by molar-refractivity contribution is 0.0954. The van der Waals surface area contributed by atoms with Gasteiger partial charge in [-0.15, -0.1) is 0 Å². The Kier molecular flexibility index (Phi) is 8.99. The van der Waals surface area contributed by atoms with Gasteiger partial charge in [-0.1, -0.05) is 48.5 Å². The van der Waals surface area contributed by atoms with Crippen LogP contribution in [0.3, 0.4) is 0 Å². The third-order valence-corrected chi connectivity index (χ3v) is 7.76. The molecule has 0 saturated heterocycles. The number of hydrogen-bond acceptors (Lipinski definition) is 5. The number of nitrogens with one attached hydrogen (secondary N) is 2. The van der Waals surface area contributed by atoms with Crippen LogP contribution >= 0.6 is 0 Å². The molecule has 0 aliphatic rings. The molecule has 0 radical (unpaired) electrons. The van der Waals surface area contributed by atoms with Crippen molar-refractivity contribution in [3.05, 3.63) is 130 Å². The molecule has 4 aromatic carbocycles. The quantitative estimate of drug-likeness (QED) is 0.200. The van der Waals surface area contributed by atoms with Crippen LogP contribution in [0, 0.1) is 13.8 Å². The highest BCUT2D eigenvalue weighted by Gasteiger charge is 2.19. The van der Waals surface area contributed by atoms with E-state index in [0.717, 1.165) is 22.3 Å². The predicted octanol–water partition coefficient (Wildman–Crippen LogP) is 5.68. The van der Waals surface area contributed by atoms with Gasteiger partial charge in [0.1, 0.15) is 0 Å². The molecule has 41 heavy (non-hydrogen) atoms. The van der Waals surface area contributed by atoms with Crippen LogP contribution in [0.1, 0.15) is 49.9 Å². The third kappa shape index (κ3) is 7.67. The zero-order chi connectivity index (χ0) is 29.6. The van der Waals surface area contributed by atoms with Crippen molar-refractivity contribution in [2.24, 2.45) is 5.10 Å². The normalized spacial score (nSPS) is 11.6. The molecule has 0 fully saturated rings. The van der Waals surface area contributed by atoms with E-state index >= 15 is 0 Å². The number of carbonyl (C=O) groups excluding carboxylic acids is 2. The molecular weight excluding hydrogens is 536 g/mol. The first-order valence-electron chi connectivity index (χ1n) is 13.0. The van der Waals surface area contributed by atoms with Gasteiger partial charge in [0.2, 0.25) is 10.0 Å². The Labute approximate surface area is 240 Å². The standard InChI is InChI=1S/C32H32N4O4S/c1-22-13-18-30(19-23(22)2)36(41(4,39)40)21-25-14-16-27(17-15-25)32(38)35-34-24(3)28-11-8-12-29(20-28)33-31(37)26-9-6-5-7-10-26/h5-20H,21H2,1-4H3,(H,33,37)(H,35,38)/b34-24-. The van der Waals surface area contributed by atoms with E-state index in [9.17, 15) is 18.0 Å². The second-order valence-electron chi connectivity index (χ2n) is 9.77.